The predicted octanol–water partition coefficient (Wildman–Crippen LogP) is 0.829. The summed E-state index contributed by atoms with van der Waals surface area (Å²) < 4.78 is 10.3. The van der Waals surface area contributed by atoms with E-state index in [1.807, 2.05) is 0 Å². The van der Waals surface area contributed by atoms with Gasteiger partial charge in [-0.05, 0) is 17.7 Å². The molecule has 2 unspecified atom stereocenters. The fraction of sp³-hybridized carbons (Fsp3) is 0.500. The third kappa shape index (κ3) is 3.05. The molecular formula is C12H17ClO5. The average Bonchev–Trinajstić information content (AvgIpc) is 2.43. The third-order valence-corrected chi connectivity index (χ3v) is 2.92. The first kappa shape index (κ1) is 15.0. The van der Waals surface area contributed by atoms with Gasteiger partial charge in [-0.25, -0.2) is 0 Å². The van der Waals surface area contributed by atoms with Crippen LogP contribution in [-0.2, 0) is 6.61 Å². The van der Waals surface area contributed by atoms with Gasteiger partial charge in [-0.2, -0.15) is 0 Å². The fourth-order valence-electron chi connectivity index (χ4n) is 1.65. The van der Waals surface area contributed by atoms with Gasteiger partial charge < -0.3 is 24.8 Å². The number of benzene rings is 1. The van der Waals surface area contributed by atoms with E-state index in [-0.39, 0.29) is 12.5 Å². The van der Waals surface area contributed by atoms with E-state index >= 15 is 0 Å². The van der Waals surface area contributed by atoms with Crippen molar-refractivity contribution in [2.75, 3.05) is 20.1 Å². The van der Waals surface area contributed by atoms with Crippen molar-refractivity contribution in [1.29, 1.82) is 0 Å². The lowest BCUT2D eigenvalue weighted by atomic mass is 10.0. The van der Waals surface area contributed by atoms with Gasteiger partial charge in [0.25, 0.3) is 0 Å². The van der Waals surface area contributed by atoms with E-state index < -0.39 is 12.2 Å². The molecule has 0 aliphatic rings. The lowest BCUT2D eigenvalue weighted by Crippen LogP contribution is -2.21. The molecular weight excluding hydrogens is 260 g/mol. The highest BCUT2D eigenvalue weighted by molar-refractivity contribution is 6.18. The number of rotatable bonds is 6. The van der Waals surface area contributed by atoms with Crippen LogP contribution in [-0.4, -0.2) is 41.5 Å². The Hall–Kier alpha value is -1.01. The van der Waals surface area contributed by atoms with Crippen LogP contribution in [0.4, 0.5) is 0 Å². The van der Waals surface area contributed by atoms with Gasteiger partial charge in [0.05, 0.1) is 38.4 Å². The summed E-state index contributed by atoms with van der Waals surface area (Å²) in [6.07, 6.45) is -2.35. The third-order valence-electron chi connectivity index (χ3n) is 2.60. The maximum atomic E-state index is 10.0. The molecule has 6 heteroatoms. The molecule has 5 nitrogen and oxygen atoms in total. The van der Waals surface area contributed by atoms with Gasteiger partial charge in [0, 0.05) is 0 Å². The zero-order valence-electron chi connectivity index (χ0n) is 10.3. The number of ether oxygens (including phenoxy) is 2. The molecule has 1 aromatic carbocycles. The van der Waals surface area contributed by atoms with E-state index in [0.29, 0.717) is 22.6 Å². The van der Waals surface area contributed by atoms with Crippen LogP contribution in [0.3, 0.4) is 0 Å². The molecule has 0 aromatic heterocycles. The Kier molecular flexibility index (Phi) is 5.68. The largest absolute Gasteiger partial charge is 0.496 e. The van der Waals surface area contributed by atoms with Crippen LogP contribution in [0.1, 0.15) is 17.2 Å². The van der Waals surface area contributed by atoms with Crippen molar-refractivity contribution in [3.05, 3.63) is 23.3 Å². The maximum absolute atomic E-state index is 10.0. The smallest absolute Gasteiger partial charge is 0.128 e. The highest BCUT2D eigenvalue weighted by Crippen LogP contribution is 2.37. The van der Waals surface area contributed by atoms with E-state index in [4.69, 9.17) is 26.2 Å². The number of alkyl halides is 1. The molecule has 0 amide bonds. The first-order valence-corrected chi connectivity index (χ1v) is 5.90. The zero-order chi connectivity index (χ0) is 13.7. The summed E-state index contributed by atoms with van der Waals surface area (Å²) in [5.74, 6) is 0.542. The molecule has 18 heavy (non-hydrogen) atoms. The zero-order valence-corrected chi connectivity index (χ0v) is 11.0. The van der Waals surface area contributed by atoms with Gasteiger partial charge in [-0.3, -0.25) is 0 Å². The van der Waals surface area contributed by atoms with Crippen LogP contribution in [0.15, 0.2) is 12.1 Å². The quantitative estimate of drug-likeness (QED) is 0.671. The van der Waals surface area contributed by atoms with Crippen molar-refractivity contribution in [1.82, 2.24) is 0 Å². The summed E-state index contributed by atoms with van der Waals surface area (Å²) in [7, 11) is 2.86. The molecule has 2 atom stereocenters. The van der Waals surface area contributed by atoms with Crippen molar-refractivity contribution < 1.29 is 24.8 Å². The molecule has 0 fully saturated rings. The van der Waals surface area contributed by atoms with Gasteiger partial charge in [0.2, 0.25) is 0 Å². The number of aliphatic hydroxyl groups excluding tert-OH is 3. The van der Waals surface area contributed by atoms with E-state index in [9.17, 15) is 10.2 Å². The van der Waals surface area contributed by atoms with Gasteiger partial charge in [-0.1, -0.05) is 0 Å². The number of hydrogen-bond acceptors (Lipinski definition) is 5. The highest BCUT2D eigenvalue weighted by Gasteiger charge is 2.25. The molecule has 0 aliphatic heterocycles. The van der Waals surface area contributed by atoms with Crippen molar-refractivity contribution >= 4 is 11.6 Å². The lowest BCUT2D eigenvalue weighted by molar-refractivity contribution is 0.0296. The van der Waals surface area contributed by atoms with Crippen molar-refractivity contribution in [2.45, 2.75) is 18.8 Å². The Morgan fingerprint density at radius 3 is 2.00 bits per heavy atom. The fourth-order valence-corrected chi connectivity index (χ4v) is 1.82. The Balaban J connectivity index is 3.30. The summed E-state index contributed by atoms with van der Waals surface area (Å²) in [4.78, 5) is 0. The number of halogens is 1. The second-order valence-electron chi connectivity index (χ2n) is 3.74. The molecule has 0 saturated heterocycles. The molecule has 1 aromatic rings. The summed E-state index contributed by atoms with van der Waals surface area (Å²) >= 11 is 5.51. The minimum absolute atomic E-state index is 0.116. The molecule has 102 valence electrons. The van der Waals surface area contributed by atoms with Gasteiger partial charge >= 0.3 is 0 Å². The van der Waals surface area contributed by atoms with E-state index in [2.05, 4.69) is 0 Å². The van der Waals surface area contributed by atoms with E-state index in [1.54, 1.807) is 12.1 Å². The Bertz CT molecular complexity index is 371. The van der Waals surface area contributed by atoms with E-state index in [1.165, 1.54) is 14.2 Å². The molecule has 0 saturated carbocycles. The van der Waals surface area contributed by atoms with Crippen molar-refractivity contribution in [2.24, 2.45) is 0 Å². The Labute approximate surface area is 111 Å². The minimum atomic E-state index is -1.22. The average molecular weight is 277 g/mol. The second kappa shape index (κ2) is 6.80. The number of aliphatic hydroxyl groups is 3. The summed E-state index contributed by atoms with van der Waals surface area (Å²) in [5.41, 5.74) is 0.894. The highest BCUT2D eigenvalue weighted by atomic mass is 35.5. The SMILES string of the molecule is COc1cc(CO)cc(OC)c1C(O)C(O)CCl. The molecule has 0 radical (unpaired) electrons. The van der Waals surface area contributed by atoms with Crippen LogP contribution >= 0.6 is 11.6 Å². The Morgan fingerprint density at radius 2 is 1.67 bits per heavy atom. The predicted molar refractivity (Wildman–Crippen MR) is 67.2 cm³/mol. The summed E-state index contributed by atoms with van der Waals surface area (Å²) in [6, 6.07) is 3.14. The number of hydrogen-bond donors (Lipinski definition) is 3. The minimum Gasteiger partial charge on any atom is -0.496 e. The monoisotopic (exact) mass is 276 g/mol. The van der Waals surface area contributed by atoms with Crippen molar-refractivity contribution in [3.8, 4) is 11.5 Å². The van der Waals surface area contributed by atoms with E-state index in [0.717, 1.165) is 0 Å². The standard InChI is InChI=1S/C12H17ClO5/c1-17-9-3-7(6-14)4-10(18-2)11(9)12(16)8(15)5-13/h3-4,8,12,14-16H,5-6H2,1-2H3. The van der Waals surface area contributed by atoms with Crippen LogP contribution in [0.25, 0.3) is 0 Å². The molecule has 0 bridgehead atoms. The topological polar surface area (TPSA) is 79.2 Å². The van der Waals surface area contributed by atoms with Gasteiger partial charge in [0.15, 0.2) is 0 Å². The van der Waals surface area contributed by atoms with Crippen LogP contribution in [0, 0.1) is 0 Å². The second-order valence-corrected chi connectivity index (χ2v) is 4.05. The molecule has 1 rings (SSSR count). The first-order valence-electron chi connectivity index (χ1n) is 5.36. The lowest BCUT2D eigenvalue weighted by Gasteiger charge is -2.21. The van der Waals surface area contributed by atoms with Crippen LogP contribution < -0.4 is 9.47 Å². The molecule has 0 heterocycles. The summed E-state index contributed by atoms with van der Waals surface area (Å²) in [5, 5.41) is 28.7. The van der Waals surface area contributed by atoms with Gasteiger partial charge in [-0.15, -0.1) is 11.6 Å². The molecule has 0 aliphatic carbocycles. The van der Waals surface area contributed by atoms with Crippen LogP contribution in [0.2, 0.25) is 0 Å². The number of methoxy groups -OCH3 is 2. The first-order chi connectivity index (χ1) is 8.58. The molecule has 0 spiro atoms. The van der Waals surface area contributed by atoms with Crippen molar-refractivity contribution in [3.63, 3.8) is 0 Å². The Morgan fingerprint density at radius 1 is 1.17 bits per heavy atom. The summed E-state index contributed by atoms with van der Waals surface area (Å²) in [6.45, 7) is -0.179. The molecule has 3 N–H and O–H groups in total. The maximum Gasteiger partial charge on any atom is 0.128 e. The van der Waals surface area contributed by atoms with Crippen LogP contribution in [0.5, 0.6) is 11.5 Å². The van der Waals surface area contributed by atoms with Gasteiger partial charge in [0.1, 0.15) is 17.6 Å². The normalized spacial score (nSPS) is 14.1.